The second-order valence-electron chi connectivity index (χ2n) is 3.03. The van der Waals surface area contributed by atoms with E-state index in [9.17, 15) is 4.79 Å². The fourth-order valence-electron chi connectivity index (χ4n) is 0.904. The molecule has 0 aliphatic heterocycles. The summed E-state index contributed by atoms with van der Waals surface area (Å²) in [5.74, 6) is -0.103. The third kappa shape index (κ3) is 5.60. The molecule has 0 aromatic heterocycles. The number of hydrogen-bond donors (Lipinski definition) is 2. The van der Waals surface area contributed by atoms with Gasteiger partial charge in [-0.3, -0.25) is 4.79 Å². The SMILES string of the molecule is CCOC(C)CNC(=O)[C@H](N)CC. The summed E-state index contributed by atoms with van der Waals surface area (Å²) in [5.41, 5.74) is 5.52. The number of nitrogens with two attached hydrogens (primary N) is 1. The zero-order chi connectivity index (χ0) is 10.3. The van der Waals surface area contributed by atoms with Crippen LogP contribution in [0.1, 0.15) is 27.2 Å². The molecule has 0 saturated carbocycles. The Hall–Kier alpha value is -0.610. The topological polar surface area (TPSA) is 64.3 Å². The van der Waals surface area contributed by atoms with E-state index in [0.29, 0.717) is 19.6 Å². The van der Waals surface area contributed by atoms with Gasteiger partial charge in [-0.15, -0.1) is 0 Å². The van der Waals surface area contributed by atoms with Gasteiger partial charge in [-0.25, -0.2) is 0 Å². The Labute approximate surface area is 79.8 Å². The van der Waals surface area contributed by atoms with Gasteiger partial charge in [0.15, 0.2) is 0 Å². The highest BCUT2D eigenvalue weighted by Crippen LogP contribution is 1.89. The minimum atomic E-state index is -0.395. The van der Waals surface area contributed by atoms with Crippen LogP contribution < -0.4 is 11.1 Å². The molecule has 2 atom stereocenters. The highest BCUT2D eigenvalue weighted by molar-refractivity contribution is 5.81. The van der Waals surface area contributed by atoms with Gasteiger partial charge in [-0.05, 0) is 20.3 Å². The number of ether oxygens (including phenoxy) is 1. The van der Waals surface area contributed by atoms with E-state index in [1.807, 2.05) is 20.8 Å². The predicted octanol–water partition coefficient (Wildman–Crippen LogP) is 0.265. The van der Waals surface area contributed by atoms with Crippen LogP contribution >= 0.6 is 0 Å². The molecular formula is C9H20N2O2. The number of carbonyl (C=O) groups is 1. The molecule has 0 aliphatic carbocycles. The van der Waals surface area contributed by atoms with Crippen LogP contribution in [0.25, 0.3) is 0 Å². The van der Waals surface area contributed by atoms with Crippen LogP contribution in [0.5, 0.6) is 0 Å². The molecule has 0 aliphatic rings. The second kappa shape index (κ2) is 6.86. The number of carbonyl (C=O) groups excluding carboxylic acids is 1. The Morgan fingerprint density at radius 2 is 2.15 bits per heavy atom. The number of nitrogens with one attached hydrogen (secondary N) is 1. The fraction of sp³-hybridized carbons (Fsp3) is 0.889. The third-order valence-electron chi connectivity index (χ3n) is 1.79. The number of rotatable bonds is 6. The lowest BCUT2D eigenvalue weighted by Gasteiger charge is -2.14. The molecule has 0 aromatic carbocycles. The Balaban J connectivity index is 3.57. The van der Waals surface area contributed by atoms with Gasteiger partial charge in [0.25, 0.3) is 0 Å². The molecule has 13 heavy (non-hydrogen) atoms. The Bertz CT molecular complexity index is 151. The van der Waals surface area contributed by atoms with E-state index in [4.69, 9.17) is 10.5 Å². The normalized spacial score (nSPS) is 15.1. The van der Waals surface area contributed by atoms with E-state index in [2.05, 4.69) is 5.32 Å². The van der Waals surface area contributed by atoms with Crippen molar-refractivity contribution in [2.24, 2.45) is 5.73 Å². The summed E-state index contributed by atoms with van der Waals surface area (Å²) in [6.07, 6.45) is 0.715. The van der Waals surface area contributed by atoms with E-state index in [0.717, 1.165) is 0 Å². The lowest BCUT2D eigenvalue weighted by molar-refractivity contribution is -0.123. The maximum Gasteiger partial charge on any atom is 0.236 e. The summed E-state index contributed by atoms with van der Waals surface area (Å²) in [4.78, 5) is 11.2. The molecule has 0 bridgehead atoms. The van der Waals surface area contributed by atoms with Crippen molar-refractivity contribution < 1.29 is 9.53 Å². The molecule has 1 unspecified atom stereocenters. The number of hydrogen-bond acceptors (Lipinski definition) is 3. The molecule has 1 amide bonds. The minimum absolute atomic E-state index is 0.0537. The summed E-state index contributed by atoms with van der Waals surface area (Å²) in [6.45, 7) is 6.92. The average Bonchev–Trinajstić information content (AvgIpc) is 2.13. The first kappa shape index (κ1) is 12.4. The maximum absolute atomic E-state index is 11.2. The summed E-state index contributed by atoms with van der Waals surface area (Å²) in [5, 5.41) is 2.73. The number of amides is 1. The van der Waals surface area contributed by atoms with Crippen molar-refractivity contribution in [2.75, 3.05) is 13.2 Å². The first-order valence-electron chi connectivity index (χ1n) is 4.76. The molecule has 0 rings (SSSR count). The van der Waals surface area contributed by atoms with Crippen LogP contribution in [-0.2, 0) is 9.53 Å². The van der Waals surface area contributed by atoms with E-state index in [1.165, 1.54) is 0 Å². The van der Waals surface area contributed by atoms with Gasteiger partial charge in [-0.1, -0.05) is 6.92 Å². The Kier molecular flexibility index (Phi) is 6.54. The van der Waals surface area contributed by atoms with E-state index in [1.54, 1.807) is 0 Å². The molecule has 0 radical (unpaired) electrons. The largest absolute Gasteiger partial charge is 0.377 e. The van der Waals surface area contributed by atoms with Crippen molar-refractivity contribution in [3.8, 4) is 0 Å². The van der Waals surface area contributed by atoms with Gasteiger partial charge >= 0.3 is 0 Å². The minimum Gasteiger partial charge on any atom is -0.377 e. The van der Waals surface area contributed by atoms with E-state index in [-0.39, 0.29) is 12.0 Å². The molecule has 0 aromatic rings. The highest BCUT2D eigenvalue weighted by Gasteiger charge is 2.11. The highest BCUT2D eigenvalue weighted by atomic mass is 16.5. The van der Waals surface area contributed by atoms with Gasteiger partial charge in [0.1, 0.15) is 0 Å². The van der Waals surface area contributed by atoms with Gasteiger partial charge in [-0.2, -0.15) is 0 Å². The van der Waals surface area contributed by atoms with Gasteiger partial charge in [0, 0.05) is 13.2 Å². The van der Waals surface area contributed by atoms with Gasteiger partial charge in [0.2, 0.25) is 5.91 Å². The van der Waals surface area contributed by atoms with Crippen molar-refractivity contribution in [2.45, 2.75) is 39.3 Å². The van der Waals surface area contributed by atoms with Crippen molar-refractivity contribution in [1.29, 1.82) is 0 Å². The first-order chi connectivity index (χ1) is 6.11. The van der Waals surface area contributed by atoms with Crippen molar-refractivity contribution >= 4 is 5.91 Å². The van der Waals surface area contributed by atoms with Crippen LogP contribution in [0.15, 0.2) is 0 Å². The maximum atomic E-state index is 11.2. The zero-order valence-corrected chi connectivity index (χ0v) is 8.67. The molecule has 0 saturated heterocycles. The Morgan fingerprint density at radius 3 is 2.62 bits per heavy atom. The van der Waals surface area contributed by atoms with Crippen LogP contribution in [-0.4, -0.2) is 31.2 Å². The van der Waals surface area contributed by atoms with Gasteiger partial charge in [0.05, 0.1) is 12.1 Å². The zero-order valence-electron chi connectivity index (χ0n) is 8.67. The van der Waals surface area contributed by atoms with E-state index >= 15 is 0 Å². The predicted molar refractivity (Wildman–Crippen MR) is 52.4 cm³/mol. The molecule has 0 heterocycles. The average molecular weight is 188 g/mol. The summed E-state index contributed by atoms with van der Waals surface area (Å²) >= 11 is 0. The molecule has 4 heteroatoms. The quantitative estimate of drug-likeness (QED) is 0.628. The fourth-order valence-corrected chi connectivity index (χ4v) is 0.904. The van der Waals surface area contributed by atoms with Crippen LogP contribution in [0.4, 0.5) is 0 Å². The van der Waals surface area contributed by atoms with E-state index < -0.39 is 6.04 Å². The molecule has 0 spiro atoms. The van der Waals surface area contributed by atoms with Crippen LogP contribution in [0, 0.1) is 0 Å². The van der Waals surface area contributed by atoms with Crippen molar-refractivity contribution in [3.05, 3.63) is 0 Å². The molecule has 3 N–H and O–H groups in total. The lowest BCUT2D eigenvalue weighted by atomic mass is 10.2. The monoisotopic (exact) mass is 188 g/mol. The summed E-state index contributed by atoms with van der Waals surface area (Å²) in [7, 11) is 0. The molecular weight excluding hydrogens is 168 g/mol. The van der Waals surface area contributed by atoms with Crippen molar-refractivity contribution in [1.82, 2.24) is 5.32 Å². The lowest BCUT2D eigenvalue weighted by Crippen LogP contribution is -2.43. The standard InChI is InChI=1S/C9H20N2O2/c1-4-8(10)9(12)11-6-7(3)13-5-2/h7-8H,4-6,10H2,1-3H3,(H,11,12)/t7?,8-/m1/s1. The van der Waals surface area contributed by atoms with Crippen molar-refractivity contribution in [3.63, 3.8) is 0 Å². The van der Waals surface area contributed by atoms with Crippen LogP contribution in [0.3, 0.4) is 0 Å². The summed E-state index contributed by atoms with van der Waals surface area (Å²) in [6, 6.07) is -0.395. The smallest absolute Gasteiger partial charge is 0.236 e. The Morgan fingerprint density at radius 1 is 1.54 bits per heavy atom. The molecule has 78 valence electrons. The van der Waals surface area contributed by atoms with Crippen LogP contribution in [0.2, 0.25) is 0 Å². The van der Waals surface area contributed by atoms with Gasteiger partial charge < -0.3 is 15.8 Å². The first-order valence-corrected chi connectivity index (χ1v) is 4.76. The summed E-state index contributed by atoms with van der Waals surface area (Å²) < 4.78 is 5.25. The molecule has 0 fully saturated rings. The second-order valence-corrected chi connectivity index (χ2v) is 3.03. The molecule has 4 nitrogen and oxygen atoms in total. The third-order valence-corrected chi connectivity index (χ3v) is 1.79.